The molecule has 10 nitrogen and oxygen atoms in total. The molecule has 0 spiro atoms. The maximum Gasteiger partial charge on any atom is 0.410 e. The van der Waals surface area contributed by atoms with Gasteiger partial charge in [0.25, 0.3) is 5.91 Å². The molecule has 1 fully saturated rings. The lowest BCUT2D eigenvalue weighted by Crippen LogP contribution is -2.53. The predicted molar refractivity (Wildman–Crippen MR) is 200 cm³/mol. The Hall–Kier alpha value is -5.06. The van der Waals surface area contributed by atoms with Gasteiger partial charge in [-0.25, -0.2) is 4.79 Å². The van der Waals surface area contributed by atoms with Crippen LogP contribution in [0.2, 0.25) is 0 Å². The molecule has 1 saturated heterocycles. The maximum absolute atomic E-state index is 13.9. The largest absolute Gasteiger partial charge is 0.497 e. The van der Waals surface area contributed by atoms with Crippen molar-refractivity contribution in [3.05, 3.63) is 125 Å². The number of rotatable bonds is 15. The second kappa shape index (κ2) is 18.4. The molecule has 2 aliphatic heterocycles. The molecule has 0 bridgehead atoms. The number of ether oxygens (including phenoxy) is 5. The van der Waals surface area contributed by atoms with Crippen LogP contribution in [0.3, 0.4) is 0 Å². The Balaban J connectivity index is 1.22. The van der Waals surface area contributed by atoms with Crippen molar-refractivity contribution in [2.75, 3.05) is 58.5 Å². The molecule has 2 heterocycles. The average Bonchev–Trinajstić information content (AvgIpc) is 3.20. The SMILES string of the molecule is COCCCN1CCOc2ccc(CO[C@H]3CN(C(=O)OCc4ccccc4)[C@H](CCNC(=O)c4ccccc4)C[C@@H]3c3ccc(OC)cc3)cc21. The lowest BCUT2D eigenvalue weighted by molar-refractivity contribution is -0.0423. The zero-order valence-electron chi connectivity index (χ0n) is 30.1. The minimum atomic E-state index is -0.400. The van der Waals surface area contributed by atoms with Crippen LogP contribution in [0.5, 0.6) is 11.5 Å². The van der Waals surface area contributed by atoms with E-state index in [1.54, 1.807) is 31.3 Å². The van der Waals surface area contributed by atoms with E-state index in [1.807, 2.05) is 72.8 Å². The van der Waals surface area contributed by atoms with Crippen molar-refractivity contribution in [2.45, 2.75) is 50.5 Å². The minimum absolute atomic E-state index is 0.0228. The molecule has 2 aliphatic rings. The van der Waals surface area contributed by atoms with Crippen molar-refractivity contribution in [1.29, 1.82) is 0 Å². The number of hydrogen-bond donors (Lipinski definition) is 1. The van der Waals surface area contributed by atoms with Crippen LogP contribution in [0.25, 0.3) is 0 Å². The normalized spacial score (nSPS) is 18.2. The van der Waals surface area contributed by atoms with Gasteiger partial charge in [-0.15, -0.1) is 0 Å². The van der Waals surface area contributed by atoms with Crippen LogP contribution in [-0.4, -0.2) is 82.7 Å². The zero-order valence-corrected chi connectivity index (χ0v) is 30.1. The molecule has 52 heavy (non-hydrogen) atoms. The number of amides is 2. The molecule has 0 aromatic heterocycles. The second-order valence-corrected chi connectivity index (χ2v) is 13.2. The van der Waals surface area contributed by atoms with Crippen LogP contribution in [0.15, 0.2) is 103 Å². The summed E-state index contributed by atoms with van der Waals surface area (Å²) in [6.45, 7) is 4.31. The van der Waals surface area contributed by atoms with Gasteiger partial charge in [0.2, 0.25) is 0 Å². The van der Waals surface area contributed by atoms with Gasteiger partial charge in [0, 0.05) is 44.3 Å². The Morgan fingerprint density at radius 3 is 2.40 bits per heavy atom. The van der Waals surface area contributed by atoms with Crippen LogP contribution in [-0.2, 0) is 27.4 Å². The van der Waals surface area contributed by atoms with Crippen LogP contribution in [0.4, 0.5) is 10.5 Å². The number of methoxy groups -OCH3 is 2. The maximum atomic E-state index is 13.9. The van der Waals surface area contributed by atoms with Gasteiger partial charge in [-0.3, -0.25) is 4.79 Å². The zero-order chi connectivity index (χ0) is 36.1. The Labute approximate surface area is 306 Å². The number of nitrogens with one attached hydrogen (secondary N) is 1. The van der Waals surface area contributed by atoms with E-state index < -0.39 is 6.09 Å². The summed E-state index contributed by atoms with van der Waals surface area (Å²) in [6, 6.07) is 32.9. The molecular formula is C42H49N3O7. The molecule has 1 N–H and O–H groups in total. The summed E-state index contributed by atoms with van der Waals surface area (Å²) < 4.78 is 29.4. The van der Waals surface area contributed by atoms with E-state index in [4.69, 9.17) is 23.7 Å². The van der Waals surface area contributed by atoms with Crippen molar-refractivity contribution in [3.63, 3.8) is 0 Å². The summed E-state index contributed by atoms with van der Waals surface area (Å²) in [5.41, 5.74) is 4.70. The van der Waals surface area contributed by atoms with Gasteiger partial charge in [-0.1, -0.05) is 66.7 Å². The highest BCUT2D eigenvalue weighted by Crippen LogP contribution is 2.38. The summed E-state index contributed by atoms with van der Waals surface area (Å²) in [6.07, 6.45) is 1.39. The van der Waals surface area contributed by atoms with Gasteiger partial charge in [0.1, 0.15) is 24.7 Å². The molecule has 6 rings (SSSR count). The van der Waals surface area contributed by atoms with E-state index in [2.05, 4.69) is 28.4 Å². The number of benzene rings is 4. The monoisotopic (exact) mass is 707 g/mol. The summed E-state index contributed by atoms with van der Waals surface area (Å²) in [4.78, 5) is 30.9. The third kappa shape index (κ3) is 9.63. The van der Waals surface area contributed by atoms with E-state index >= 15 is 0 Å². The van der Waals surface area contributed by atoms with Crippen molar-refractivity contribution in [3.8, 4) is 11.5 Å². The number of nitrogens with zero attached hydrogens (tertiary/aromatic N) is 2. The fraction of sp³-hybridized carbons (Fsp3) is 0.381. The summed E-state index contributed by atoms with van der Waals surface area (Å²) in [5.74, 6) is 1.48. The van der Waals surface area contributed by atoms with E-state index in [0.717, 1.165) is 53.4 Å². The molecule has 3 atom stereocenters. The van der Waals surface area contributed by atoms with Crippen molar-refractivity contribution in [1.82, 2.24) is 10.2 Å². The van der Waals surface area contributed by atoms with Crippen molar-refractivity contribution >= 4 is 17.7 Å². The number of carbonyl (C=O) groups is 2. The van der Waals surface area contributed by atoms with Crippen LogP contribution in [0.1, 0.15) is 52.2 Å². The summed E-state index contributed by atoms with van der Waals surface area (Å²) in [5, 5.41) is 3.05. The molecule has 10 heteroatoms. The number of hydrogen-bond acceptors (Lipinski definition) is 8. The fourth-order valence-corrected chi connectivity index (χ4v) is 7.00. The van der Waals surface area contributed by atoms with Gasteiger partial charge < -0.3 is 38.8 Å². The molecule has 0 saturated carbocycles. The third-order valence-corrected chi connectivity index (χ3v) is 9.80. The van der Waals surface area contributed by atoms with E-state index in [-0.39, 0.29) is 30.6 Å². The molecule has 4 aromatic carbocycles. The highest BCUT2D eigenvalue weighted by Gasteiger charge is 2.40. The first kappa shape index (κ1) is 36.7. The molecule has 0 radical (unpaired) electrons. The fourth-order valence-electron chi connectivity index (χ4n) is 7.00. The number of likely N-dealkylation sites (tertiary alicyclic amines) is 1. The lowest BCUT2D eigenvalue weighted by atomic mass is 9.82. The van der Waals surface area contributed by atoms with Crippen LogP contribution >= 0.6 is 0 Å². The Kier molecular flexibility index (Phi) is 13.0. The minimum Gasteiger partial charge on any atom is -0.497 e. The second-order valence-electron chi connectivity index (χ2n) is 13.2. The van der Waals surface area contributed by atoms with Crippen molar-refractivity contribution < 1.29 is 33.3 Å². The third-order valence-electron chi connectivity index (χ3n) is 9.80. The Morgan fingerprint density at radius 2 is 1.65 bits per heavy atom. The molecule has 0 aliphatic carbocycles. The number of piperidine rings is 1. The lowest BCUT2D eigenvalue weighted by Gasteiger charge is -2.43. The molecular weight excluding hydrogens is 658 g/mol. The van der Waals surface area contributed by atoms with Gasteiger partial charge in [0.05, 0.1) is 38.6 Å². The van der Waals surface area contributed by atoms with E-state index in [1.165, 1.54) is 0 Å². The summed E-state index contributed by atoms with van der Waals surface area (Å²) >= 11 is 0. The average molecular weight is 708 g/mol. The van der Waals surface area contributed by atoms with Gasteiger partial charge in [-0.2, -0.15) is 0 Å². The van der Waals surface area contributed by atoms with Gasteiger partial charge >= 0.3 is 6.09 Å². The summed E-state index contributed by atoms with van der Waals surface area (Å²) in [7, 11) is 3.38. The number of carbonyl (C=O) groups excluding carboxylic acids is 2. The van der Waals surface area contributed by atoms with E-state index in [9.17, 15) is 9.59 Å². The standard InChI is InChI=1S/C42H49N3O7/c1-48-24-9-22-44-23-25-50-39-19-14-32(26-38(39)44)30-51-40-28-45(42(47)52-29-31-10-5-3-6-11-31)35(20-21-43-41(46)34-12-7-4-8-13-34)27-37(40)33-15-17-36(49-2)18-16-33/h3-8,10-19,26,35,37,40H,9,20-25,27-30H2,1-2H3,(H,43,46)/t35-,37-,40+/m1/s1. The van der Waals surface area contributed by atoms with Crippen LogP contribution < -0.4 is 19.7 Å². The molecule has 0 unspecified atom stereocenters. The predicted octanol–water partition coefficient (Wildman–Crippen LogP) is 6.83. The number of anilines is 1. The molecule has 2 amide bonds. The molecule has 4 aromatic rings. The van der Waals surface area contributed by atoms with Crippen molar-refractivity contribution in [2.24, 2.45) is 0 Å². The Bertz CT molecular complexity index is 1720. The smallest absolute Gasteiger partial charge is 0.410 e. The van der Waals surface area contributed by atoms with Gasteiger partial charge in [-0.05, 0) is 72.4 Å². The number of fused-ring (bicyclic) bond motifs is 1. The Morgan fingerprint density at radius 1 is 0.885 bits per heavy atom. The first-order valence-corrected chi connectivity index (χ1v) is 18.1. The first-order valence-electron chi connectivity index (χ1n) is 18.1. The highest BCUT2D eigenvalue weighted by molar-refractivity contribution is 5.94. The highest BCUT2D eigenvalue weighted by atomic mass is 16.6. The quantitative estimate of drug-likeness (QED) is 0.134. The topological polar surface area (TPSA) is 98.8 Å². The first-order chi connectivity index (χ1) is 25.5. The van der Waals surface area contributed by atoms with E-state index in [0.29, 0.717) is 51.3 Å². The molecule has 274 valence electrons. The van der Waals surface area contributed by atoms with Gasteiger partial charge in [0.15, 0.2) is 0 Å². The van der Waals surface area contributed by atoms with Crippen LogP contribution in [0, 0.1) is 0 Å².